The van der Waals surface area contributed by atoms with Crippen LogP contribution in [-0.2, 0) is 25.6 Å². The summed E-state index contributed by atoms with van der Waals surface area (Å²) in [5.74, 6) is -3.76. The highest BCUT2D eigenvalue weighted by molar-refractivity contribution is 5.94. The van der Waals surface area contributed by atoms with Crippen molar-refractivity contribution in [1.29, 1.82) is 0 Å². The first-order valence-corrected chi connectivity index (χ1v) is 10.5. The van der Waals surface area contributed by atoms with Crippen LogP contribution in [0.2, 0.25) is 0 Å². The summed E-state index contributed by atoms with van der Waals surface area (Å²) >= 11 is 0. The molecule has 0 bridgehead atoms. The fourth-order valence-electron chi connectivity index (χ4n) is 2.81. The second-order valence-corrected chi connectivity index (χ2v) is 7.71. The van der Waals surface area contributed by atoms with Gasteiger partial charge >= 0.3 is 5.97 Å². The lowest BCUT2D eigenvalue weighted by atomic mass is 10.1. The van der Waals surface area contributed by atoms with Gasteiger partial charge in [0.25, 0.3) is 0 Å². The van der Waals surface area contributed by atoms with Gasteiger partial charge in [-0.1, -0.05) is 0 Å². The average molecular weight is 484 g/mol. The Balaban J connectivity index is 2.99. The molecule has 0 aliphatic heterocycles. The van der Waals surface area contributed by atoms with Gasteiger partial charge in [0.2, 0.25) is 17.7 Å². The number of rotatable bonds is 14. The average Bonchev–Trinajstić information content (AvgIpc) is 3.25. The number of hydrogen-bond acceptors (Lipinski definition) is 8. The first-order chi connectivity index (χ1) is 15.9. The SMILES string of the molecule is CC(N)C(=O)NC(C(=O)NC(CCCN=C(N)N)C(=O)NC(Cc1cnc[nH]1)C(=O)O)C(C)O. The van der Waals surface area contributed by atoms with Crippen molar-refractivity contribution in [2.45, 2.75) is 63.4 Å². The zero-order valence-corrected chi connectivity index (χ0v) is 19.0. The van der Waals surface area contributed by atoms with E-state index in [1.54, 1.807) is 0 Å². The third kappa shape index (κ3) is 9.83. The molecule has 15 heteroatoms. The van der Waals surface area contributed by atoms with Gasteiger partial charge in [0.05, 0.1) is 18.5 Å². The number of aliphatic hydroxyl groups is 1. The molecule has 5 atom stereocenters. The third-order valence-corrected chi connectivity index (χ3v) is 4.65. The number of aliphatic imine (C=N–C) groups is 1. The van der Waals surface area contributed by atoms with E-state index in [0.717, 1.165) is 0 Å². The van der Waals surface area contributed by atoms with Gasteiger partial charge in [-0.05, 0) is 26.7 Å². The molecule has 0 spiro atoms. The maximum Gasteiger partial charge on any atom is 0.326 e. The van der Waals surface area contributed by atoms with E-state index in [0.29, 0.717) is 5.69 Å². The Hall–Kier alpha value is -3.72. The smallest absolute Gasteiger partial charge is 0.326 e. The van der Waals surface area contributed by atoms with Crippen LogP contribution in [0.1, 0.15) is 32.4 Å². The van der Waals surface area contributed by atoms with E-state index in [4.69, 9.17) is 17.2 Å². The molecular weight excluding hydrogens is 450 g/mol. The van der Waals surface area contributed by atoms with E-state index < -0.39 is 54.0 Å². The van der Waals surface area contributed by atoms with Crippen molar-refractivity contribution >= 4 is 29.7 Å². The molecule has 0 saturated heterocycles. The number of nitrogens with zero attached hydrogens (tertiary/aromatic N) is 2. The van der Waals surface area contributed by atoms with Gasteiger partial charge in [-0.2, -0.15) is 0 Å². The van der Waals surface area contributed by atoms with Crippen molar-refractivity contribution in [2.75, 3.05) is 6.54 Å². The van der Waals surface area contributed by atoms with Gasteiger partial charge in [-0.3, -0.25) is 19.4 Å². The highest BCUT2D eigenvalue weighted by Gasteiger charge is 2.32. The number of H-pyrrole nitrogens is 1. The summed E-state index contributed by atoms with van der Waals surface area (Å²) in [5, 5.41) is 26.6. The minimum Gasteiger partial charge on any atom is -0.480 e. The summed E-state index contributed by atoms with van der Waals surface area (Å²) in [4.78, 5) is 59.6. The second kappa shape index (κ2) is 13.7. The maximum atomic E-state index is 12.9. The molecule has 15 nitrogen and oxygen atoms in total. The van der Waals surface area contributed by atoms with E-state index in [1.807, 2.05) is 0 Å². The number of imidazole rings is 1. The molecule has 0 aliphatic rings. The van der Waals surface area contributed by atoms with Gasteiger partial charge < -0.3 is 48.3 Å². The molecule has 0 aliphatic carbocycles. The van der Waals surface area contributed by atoms with Gasteiger partial charge in [0, 0.05) is 24.9 Å². The Labute approximate surface area is 195 Å². The normalized spacial score (nSPS) is 15.2. The van der Waals surface area contributed by atoms with Crippen molar-refractivity contribution < 1.29 is 29.4 Å². The molecule has 1 aromatic rings. The van der Waals surface area contributed by atoms with E-state index in [-0.39, 0.29) is 31.8 Å². The molecule has 5 unspecified atom stereocenters. The van der Waals surface area contributed by atoms with E-state index in [1.165, 1.54) is 26.4 Å². The number of carbonyl (C=O) groups excluding carboxylic acids is 3. The number of aromatic amines is 1. The van der Waals surface area contributed by atoms with Crippen LogP contribution in [0.15, 0.2) is 17.5 Å². The Morgan fingerprint density at radius 3 is 2.24 bits per heavy atom. The quantitative estimate of drug-likeness (QED) is 0.0709. The number of aromatic nitrogens is 2. The lowest BCUT2D eigenvalue weighted by Crippen LogP contribution is -2.59. The molecule has 0 saturated carbocycles. The van der Waals surface area contributed by atoms with Crippen molar-refractivity contribution in [1.82, 2.24) is 25.9 Å². The van der Waals surface area contributed by atoms with Crippen molar-refractivity contribution in [2.24, 2.45) is 22.2 Å². The molecule has 190 valence electrons. The summed E-state index contributed by atoms with van der Waals surface area (Å²) in [5.41, 5.74) is 16.5. The van der Waals surface area contributed by atoms with Crippen LogP contribution in [0.5, 0.6) is 0 Å². The lowest BCUT2D eigenvalue weighted by Gasteiger charge is -2.26. The minimum absolute atomic E-state index is 0.0402. The first-order valence-electron chi connectivity index (χ1n) is 10.5. The molecule has 0 radical (unpaired) electrons. The van der Waals surface area contributed by atoms with E-state index in [9.17, 15) is 29.4 Å². The predicted octanol–water partition coefficient (Wildman–Crippen LogP) is -3.73. The molecule has 3 amide bonds. The second-order valence-electron chi connectivity index (χ2n) is 7.71. The Morgan fingerprint density at radius 1 is 1.09 bits per heavy atom. The number of aliphatic carboxylic acids is 1. The number of carboxylic acids is 1. The van der Waals surface area contributed by atoms with Crippen LogP contribution in [-0.4, -0.2) is 86.6 Å². The summed E-state index contributed by atoms with van der Waals surface area (Å²) < 4.78 is 0. The van der Waals surface area contributed by atoms with Gasteiger partial charge in [0.15, 0.2) is 5.96 Å². The van der Waals surface area contributed by atoms with Crippen molar-refractivity contribution in [3.8, 4) is 0 Å². The summed E-state index contributed by atoms with van der Waals surface area (Å²) in [6.45, 7) is 2.84. The number of aliphatic hydroxyl groups excluding tert-OH is 1. The Kier molecular flexibility index (Phi) is 11.4. The topological polar surface area (TPSA) is 264 Å². The van der Waals surface area contributed by atoms with Crippen LogP contribution in [0.3, 0.4) is 0 Å². The number of carbonyl (C=O) groups is 4. The summed E-state index contributed by atoms with van der Waals surface area (Å²) in [6.07, 6.45) is 1.72. The number of guanidine groups is 1. The van der Waals surface area contributed by atoms with Gasteiger partial charge in [-0.15, -0.1) is 0 Å². The largest absolute Gasteiger partial charge is 0.480 e. The number of nitrogens with one attached hydrogen (secondary N) is 4. The number of hydrogen-bond donors (Lipinski definition) is 9. The van der Waals surface area contributed by atoms with Crippen LogP contribution in [0.25, 0.3) is 0 Å². The Morgan fingerprint density at radius 2 is 1.74 bits per heavy atom. The fraction of sp³-hybridized carbons (Fsp3) is 0.579. The molecule has 12 N–H and O–H groups in total. The number of amides is 3. The first kappa shape index (κ1) is 28.3. The zero-order valence-electron chi connectivity index (χ0n) is 19.0. The minimum atomic E-state index is -1.40. The van der Waals surface area contributed by atoms with Crippen LogP contribution < -0.4 is 33.2 Å². The molecule has 1 heterocycles. The highest BCUT2D eigenvalue weighted by atomic mass is 16.4. The van der Waals surface area contributed by atoms with Crippen molar-refractivity contribution in [3.05, 3.63) is 18.2 Å². The van der Waals surface area contributed by atoms with Gasteiger partial charge in [0.1, 0.15) is 18.1 Å². The molecule has 0 fully saturated rings. The van der Waals surface area contributed by atoms with E-state index >= 15 is 0 Å². The van der Waals surface area contributed by atoms with Crippen LogP contribution >= 0.6 is 0 Å². The molecule has 0 aromatic carbocycles. The van der Waals surface area contributed by atoms with Crippen LogP contribution in [0.4, 0.5) is 0 Å². The monoisotopic (exact) mass is 483 g/mol. The highest BCUT2D eigenvalue weighted by Crippen LogP contribution is 2.05. The van der Waals surface area contributed by atoms with Crippen molar-refractivity contribution in [3.63, 3.8) is 0 Å². The summed E-state index contributed by atoms with van der Waals surface area (Å²) in [6, 6.07) is -4.85. The Bertz CT molecular complexity index is 852. The summed E-state index contributed by atoms with van der Waals surface area (Å²) in [7, 11) is 0. The molecule has 1 rings (SSSR count). The standard InChI is InChI=1S/C19H33N9O6/c1-9(20)15(30)28-14(10(2)29)17(32)26-12(4-3-5-24-19(21)22)16(31)27-13(18(33)34)6-11-7-23-8-25-11/h7-10,12-14,29H,3-6,20H2,1-2H3,(H,23,25)(H,26,32)(H,27,31)(H,28,30)(H,33,34)(H4,21,22,24). The number of nitrogens with two attached hydrogens (primary N) is 3. The molecule has 1 aromatic heterocycles. The lowest BCUT2D eigenvalue weighted by molar-refractivity contribution is -0.142. The number of carboxylic acid groups (broad SMARTS) is 1. The molecular formula is C19H33N9O6. The predicted molar refractivity (Wildman–Crippen MR) is 121 cm³/mol. The van der Waals surface area contributed by atoms with Gasteiger partial charge in [-0.25, -0.2) is 9.78 Å². The van der Waals surface area contributed by atoms with E-state index in [2.05, 4.69) is 30.9 Å². The maximum absolute atomic E-state index is 12.9. The zero-order chi connectivity index (χ0) is 25.8. The fourth-order valence-corrected chi connectivity index (χ4v) is 2.81. The van der Waals surface area contributed by atoms with Crippen LogP contribution in [0, 0.1) is 0 Å². The molecule has 34 heavy (non-hydrogen) atoms. The third-order valence-electron chi connectivity index (χ3n) is 4.65.